The monoisotopic (exact) mass is 417 g/mol. The van der Waals surface area contributed by atoms with Crippen molar-refractivity contribution in [2.75, 3.05) is 18.4 Å². The number of likely N-dealkylation sites (N-methyl/N-ethyl adjacent to an activating group) is 1. The van der Waals surface area contributed by atoms with Crippen LogP contribution in [0.5, 0.6) is 0 Å². The van der Waals surface area contributed by atoms with E-state index in [1.54, 1.807) is 31.2 Å². The van der Waals surface area contributed by atoms with Gasteiger partial charge in [0.2, 0.25) is 5.91 Å². The Morgan fingerprint density at radius 1 is 1.07 bits per heavy atom. The summed E-state index contributed by atoms with van der Waals surface area (Å²) in [5.41, 5.74) is -1.83. The van der Waals surface area contributed by atoms with Crippen LogP contribution in [0.3, 0.4) is 0 Å². The van der Waals surface area contributed by atoms with Crippen LogP contribution in [-0.2, 0) is 11.0 Å². The second-order valence-corrected chi connectivity index (χ2v) is 6.51. The highest BCUT2D eigenvalue weighted by molar-refractivity contribution is 6.00. The van der Waals surface area contributed by atoms with Gasteiger partial charge in [0.15, 0.2) is 0 Å². The number of hydrogen-bond donors (Lipinski definition) is 2. The minimum absolute atomic E-state index is 0.0101. The van der Waals surface area contributed by atoms with Crippen molar-refractivity contribution < 1.29 is 22.8 Å². The van der Waals surface area contributed by atoms with E-state index in [0.717, 1.165) is 17.0 Å². The molecular formula is C21H18F3N3O3. The molecule has 6 nitrogen and oxygen atoms in total. The number of hydrogen-bond acceptors (Lipinski definition) is 3. The molecule has 1 aromatic heterocycles. The summed E-state index contributed by atoms with van der Waals surface area (Å²) in [6.45, 7) is 1.26. The number of halogens is 3. The molecule has 0 spiro atoms. The summed E-state index contributed by atoms with van der Waals surface area (Å²) in [5.74, 6) is -1.40. The van der Waals surface area contributed by atoms with Crippen LogP contribution in [0.2, 0.25) is 0 Å². The van der Waals surface area contributed by atoms with Gasteiger partial charge in [-0.05, 0) is 36.6 Å². The molecule has 0 bridgehead atoms. The molecule has 0 saturated carbocycles. The highest BCUT2D eigenvalue weighted by atomic mass is 19.4. The number of aromatic nitrogens is 1. The van der Waals surface area contributed by atoms with E-state index in [9.17, 15) is 27.6 Å². The van der Waals surface area contributed by atoms with Crippen LogP contribution in [0.25, 0.3) is 10.8 Å². The molecule has 0 aliphatic carbocycles. The second kappa shape index (κ2) is 8.40. The predicted octanol–water partition coefficient (Wildman–Crippen LogP) is 3.65. The molecule has 2 aromatic carbocycles. The maximum atomic E-state index is 13.1. The van der Waals surface area contributed by atoms with Crippen LogP contribution < -0.4 is 10.9 Å². The minimum atomic E-state index is -4.63. The molecular weight excluding hydrogens is 399 g/mol. The van der Waals surface area contributed by atoms with Gasteiger partial charge in [-0.25, -0.2) is 0 Å². The fourth-order valence-electron chi connectivity index (χ4n) is 3.03. The van der Waals surface area contributed by atoms with E-state index in [2.05, 4.69) is 10.3 Å². The Kier molecular flexibility index (Phi) is 5.91. The molecule has 0 aliphatic heterocycles. The normalized spacial score (nSPS) is 11.3. The first-order valence-corrected chi connectivity index (χ1v) is 9.08. The molecule has 2 N–H and O–H groups in total. The largest absolute Gasteiger partial charge is 0.418 e. The first-order chi connectivity index (χ1) is 14.2. The molecule has 0 fully saturated rings. The second-order valence-electron chi connectivity index (χ2n) is 6.51. The number of anilines is 1. The van der Waals surface area contributed by atoms with Crippen molar-refractivity contribution in [1.82, 2.24) is 9.88 Å². The maximum Gasteiger partial charge on any atom is 0.418 e. The molecule has 3 rings (SSSR count). The zero-order chi connectivity index (χ0) is 21.9. The van der Waals surface area contributed by atoms with Gasteiger partial charge in [-0.15, -0.1) is 0 Å². The van der Waals surface area contributed by atoms with E-state index < -0.39 is 41.3 Å². The third kappa shape index (κ3) is 4.51. The van der Waals surface area contributed by atoms with Crippen molar-refractivity contribution in [3.63, 3.8) is 0 Å². The highest BCUT2D eigenvalue weighted by Crippen LogP contribution is 2.34. The number of fused-ring (bicyclic) bond motifs is 1. The molecule has 30 heavy (non-hydrogen) atoms. The van der Waals surface area contributed by atoms with Gasteiger partial charge in [-0.3, -0.25) is 14.4 Å². The predicted molar refractivity (Wildman–Crippen MR) is 106 cm³/mol. The fourth-order valence-corrected chi connectivity index (χ4v) is 3.03. The number of benzene rings is 2. The Balaban J connectivity index is 1.80. The van der Waals surface area contributed by atoms with Crippen molar-refractivity contribution in [2.45, 2.75) is 13.1 Å². The third-order valence-electron chi connectivity index (χ3n) is 4.49. The van der Waals surface area contributed by atoms with Crippen molar-refractivity contribution in [2.24, 2.45) is 0 Å². The average Bonchev–Trinajstić information content (AvgIpc) is 2.71. The number of rotatable bonds is 5. The van der Waals surface area contributed by atoms with E-state index in [4.69, 9.17) is 0 Å². The lowest BCUT2D eigenvalue weighted by molar-refractivity contribution is -0.137. The lowest BCUT2D eigenvalue weighted by atomic mass is 10.1. The quantitative estimate of drug-likeness (QED) is 0.665. The van der Waals surface area contributed by atoms with Gasteiger partial charge in [0, 0.05) is 11.9 Å². The molecule has 0 aliphatic rings. The number of nitrogens with zero attached hydrogens (tertiary/aromatic N) is 1. The lowest BCUT2D eigenvalue weighted by Gasteiger charge is -2.21. The van der Waals surface area contributed by atoms with Gasteiger partial charge in [0.25, 0.3) is 11.5 Å². The third-order valence-corrected chi connectivity index (χ3v) is 4.49. The summed E-state index contributed by atoms with van der Waals surface area (Å²) in [5, 5.41) is 3.18. The zero-order valence-corrected chi connectivity index (χ0v) is 15.9. The van der Waals surface area contributed by atoms with E-state index in [1.165, 1.54) is 18.2 Å². The summed E-state index contributed by atoms with van der Waals surface area (Å²) in [7, 11) is 0. The molecule has 3 aromatic rings. The molecule has 0 atom stereocenters. The maximum absolute atomic E-state index is 13.1. The summed E-state index contributed by atoms with van der Waals surface area (Å²) in [4.78, 5) is 40.9. The van der Waals surface area contributed by atoms with Crippen molar-refractivity contribution in [3.05, 3.63) is 76.2 Å². The molecule has 9 heteroatoms. The Morgan fingerprint density at radius 3 is 2.43 bits per heavy atom. The van der Waals surface area contributed by atoms with Gasteiger partial charge in [0.05, 0.1) is 11.3 Å². The number of H-pyrrole nitrogens is 1. The van der Waals surface area contributed by atoms with E-state index >= 15 is 0 Å². The number of carbonyl (C=O) groups is 2. The Bertz CT molecular complexity index is 1160. The van der Waals surface area contributed by atoms with Crippen molar-refractivity contribution >= 4 is 28.3 Å². The minimum Gasteiger partial charge on any atom is -0.328 e. The van der Waals surface area contributed by atoms with Gasteiger partial charge in [-0.1, -0.05) is 30.3 Å². The summed E-state index contributed by atoms with van der Waals surface area (Å²) >= 11 is 0. The van der Waals surface area contributed by atoms with Crippen molar-refractivity contribution in [3.8, 4) is 0 Å². The number of para-hydroxylation sites is 1. The zero-order valence-electron chi connectivity index (χ0n) is 15.9. The fraction of sp³-hybridized carbons (Fsp3) is 0.190. The number of pyridine rings is 1. The number of nitrogens with one attached hydrogen (secondary N) is 2. The molecule has 0 radical (unpaired) electrons. The van der Waals surface area contributed by atoms with Crippen LogP contribution in [0.15, 0.2) is 59.4 Å². The van der Waals surface area contributed by atoms with Gasteiger partial charge < -0.3 is 15.2 Å². The summed E-state index contributed by atoms with van der Waals surface area (Å²) in [6.07, 6.45) is -4.63. The number of carbonyl (C=O) groups excluding carboxylic acids is 2. The Hall–Kier alpha value is -3.62. The smallest absolute Gasteiger partial charge is 0.328 e. The molecule has 156 valence electrons. The SMILES string of the molecule is CCN(CC(=O)Nc1ccccc1C(F)(F)F)C(=O)c1cc2ccccc2c(=O)[nH]1. The van der Waals surface area contributed by atoms with E-state index in [-0.39, 0.29) is 12.2 Å². The van der Waals surface area contributed by atoms with Crippen LogP contribution in [-0.4, -0.2) is 34.8 Å². The van der Waals surface area contributed by atoms with Gasteiger partial charge in [0.1, 0.15) is 12.2 Å². The van der Waals surface area contributed by atoms with E-state index in [0.29, 0.717) is 10.8 Å². The summed E-state index contributed by atoms with van der Waals surface area (Å²) in [6, 6.07) is 12.8. The standard InChI is InChI=1S/C21H18F3N3O3/c1-2-27(12-18(28)25-16-10-6-5-9-15(16)21(22,23)24)20(30)17-11-13-7-3-4-8-14(13)19(29)26-17/h3-11H,2,12H2,1H3,(H,25,28)(H,26,29). The topological polar surface area (TPSA) is 82.3 Å². The molecule has 1 heterocycles. The summed E-state index contributed by atoms with van der Waals surface area (Å²) < 4.78 is 39.3. The first-order valence-electron chi connectivity index (χ1n) is 9.08. The Labute approximate surface area is 169 Å². The number of alkyl halides is 3. The van der Waals surface area contributed by atoms with Crippen LogP contribution in [0, 0.1) is 0 Å². The number of amides is 2. The Morgan fingerprint density at radius 2 is 1.73 bits per heavy atom. The van der Waals surface area contributed by atoms with Crippen LogP contribution in [0.4, 0.5) is 18.9 Å². The first kappa shape index (κ1) is 21.1. The van der Waals surface area contributed by atoms with E-state index in [1.807, 2.05) is 0 Å². The lowest BCUT2D eigenvalue weighted by Crippen LogP contribution is -2.39. The van der Waals surface area contributed by atoms with Gasteiger partial charge >= 0.3 is 6.18 Å². The average molecular weight is 417 g/mol. The van der Waals surface area contributed by atoms with Crippen LogP contribution in [0.1, 0.15) is 23.0 Å². The van der Waals surface area contributed by atoms with Crippen molar-refractivity contribution in [1.29, 1.82) is 0 Å². The molecule has 0 unspecified atom stereocenters. The number of aromatic amines is 1. The molecule has 2 amide bonds. The van der Waals surface area contributed by atoms with Gasteiger partial charge in [-0.2, -0.15) is 13.2 Å². The highest BCUT2D eigenvalue weighted by Gasteiger charge is 2.33. The molecule has 0 saturated heterocycles. The van der Waals surface area contributed by atoms with Crippen LogP contribution >= 0.6 is 0 Å².